The molecule has 241 valence electrons. The van der Waals surface area contributed by atoms with Crippen LogP contribution < -0.4 is 0 Å². The number of halogens is 5. The Kier molecular flexibility index (Phi) is 13.2. The molecule has 2 aliphatic rings. The summed E-state index contributed by atoms with van der Waals surface area (Å²) >= 11 is 0. The van der Waals surface area contributed by atoms with Gasteiger partial charge in [0.15, 0.2) is 11.6 Å². The van der Waals surface area contributed by atoms with Gasteiger partial charge in [0.1, 0.15) is 0 Å². The summed E-state index contributed by atoms with van der Waals surface area (Å²) in [5, 5.41) is 0. The van der Waals surface area contributed by atoms with Gasteiger partial charge < -0.3 is 0 Å². The maximum atomic E-state index is 14.5. The number of alkyl halides is 3. The molecule has 0 aromatic heterocycles. The minimum Gasteiger partial charge on any atom is -0.300 e. The molecular weight excluding hydrogens is 593 g/mol. The van der Waals surface area contributed by atoms with Crippen molar-refractivity contribution in [1.82, 2.24) is 0 Å². The van der Waals surface area contributed by atoms with Gasteiger partial charge in [0.2, 0.25) is 0 Å². The third-order valence-electron chi connectivity index (χ3n) is 7.69. The Hall–Kier alpha value is -4.38. The lowest BCUT2D eigenvalue weighted by Crippen LogP contribution is -2.16. The first-order valence-corrected chi connectivity index (χ1v) is 15.1. The van der Waals surface area contributed by atoms with E-state index in [2.05, 4.69) is 34.5 Å². The van der Waals surface area contributed by atoms with Crippen molar-refractivity contribution in [3.63, 3.8) is 0 Å². The molecular formula is C38H39F5N3. The van der Waals surface area contributed by atoms with Crippen molar-refractivity contribution in [2.45, 2.75) is 58.5 Å². The van der Waals surface area contributed by atoms with Crippen LogP contribution in [0.4, 0.5) is 22.0 Å². The van der Waals surface area contributed by atoms with Crippen LogP contribution in [0.3, 0.4) is 0 Å². The molecule has 4 rings (SSSR count). The second kappa shape index (κ2) is 16.8. The molecule has 1 radical (unpaired) electrons. The number of unbranched alkanes of at least 4 members (excludes halogenated alkanes) is 1. The van der Waals surface area contributed by atoms with E-state index in [4.69, 9.17) is 6.42 Å². The molecule has 8 heteroatoms. The Morgan fingerprint density at radius 2 is 1.89 bits per heavy atom. The smallest absolute Gasteiger partial charge is 0.300 e. The Morgan fingerprint density at radius 1 is 1.15 bits per heavy atom. The van der Waals surface area contributed by atoms with Crippen LogP contribution in [0.2, 0.25) is 0 Å². The van der Waals surface area contributed by atoms with Crippen molar-refractivity contribution in [3.8, 4) is 12.3 Å². The zero-order chi connectivity index (χ0) is 33.9. The average molecular weight is 633 g/mol. The van der Waals surface area contributed by atoms with Gasteiger partial charge in [-0.15, -0.1) is 6.42 Å². The van der Waals surface area contributed by atoms with E-state index in [0.717, 1.165) is 23.6 Å². The van der Waals surface area contributed by atoms with Crippen molar-refractivity contribution in [2.24, 2.45) is 26.8 Å². The van der Waals surface area contributed by atoms with E-state index in [1.165, 1.54) is 43.5 Å². The molecule has 0 saturated heterocycles. The Labute approximate surface area is 269 Å². The summed E-state index contributed by atoms with van der Waals surface area (Å²) in [7, 11) is 1.65. The molecule has 0 bridgehead atoms. The number of allylic oxidation sites excluding steroid dienone is 7. The van der Waals surface area contributed by atoms with Crippen molar-refractivity contribution in [3.05, 3.63) is 118 Å². The lowest BCUT2D eigenvalue weighted by molar-refractivity contribution is -0.137. The number of hydrogen-bond donors (Lipinski definition) is 0. The van der Waals surface area contributed by atoms with Gasteiger partial charge in [0, 0.05) is 35.8 Å². The summed E-state index contributed by atoms with van der Waals surface area (Å²) in [6.45, 7) is 10.8. The second-order valence-corrected chi connectivity index (χ2v) is 11.2. The van der Waals surface area contributed by atoms with Crippen LogP contribution in [0.1, 0.15) is 74.6 Å². The van der Waals surface area contributed by atoms with Gasteiger partial charge in [-0.1, -0.05) is 62.0 Å². The van der Waals surface area contributed by atoms with Gasteiger partial charge in [-0.3, -0.25) is 15.0 Å². The highest BCUT2D eigenvalue weighted by atomic mass is 19.4. The van der Waals surface area contributed by atoms with E-state index < -0.39 is 23.4 Å². The number of rotatable bonds is 10. The van der Waals surface area contributed by atoms with E-state index in [-0.39, 0.29) is 22.6 Å². The molecule has 2 aromatic carbocycles. The number of benzene rings is 2. The molecule has 1 unspecified atom stereocenters. The van der Waals surface area contributed by atoms with Gasteiger partial charge in [0.25, 0.3) is 0 Å². The fraction of sp³-hybridized carbons (Fsp3) is 0.316. The van der Waals surface area contributed by atoms with Crippen molar-refractivity contribution >= 4 is 24.2 Å². The van der Waals surface area contributed by atoms with Gasteiger partial charge in [-0.05, 0) is 93.3 Å². The summed E-state index contributed by atoms with van der Waals surface area (Å²) in [6, 6.07) is 7.78. The quantitative estimate of drug-likeness (QED) is 0.0822. The molecule has 1 fully saturated rings. The molecule has 46 heavy (non-hydrogen) atoms. The SMILES string of the molecule is C#Cc1ccc(/C(C)=C/C=C(/CCC/C=C2/N=C(c3cccc(F)c3F)C=C(C)C2C=NC)N=C)c(C(F)(F)F)c1.[CH2]CC1CC1. The van der Waals surface area contributed by atoms with Crippen LogP contribution in [-0.4, -0.2) is 25.7 Å². The maximum absolute atomic E-state index is 14.5. The van der Waals surface area contributed by atoms with Crippen LogP contribution >= 0.6 is 0 Å². The summed E-state index contributed by atoms with van der Waals surface area (Å²) < 4.78 is 69.1. The van der Waals surface area contributed by atoms with Gasteiger partial charge in [-0.25, -0.2) is 8.78 Å². The van der Waals surface area contributed by atoms with Crippen LogP contribution in [0.25, 0.3) is 5.57 Å². The number of aliphatic imine (C=N–C) groups is 3. The van der Waals surface area contributed by atoms with E-state index in [1.807, 2.05) is 13.0 Å². The van der Waals surface area contributed by atoms with E-state index in [1.54, 1.807) is 38.4 Å². The van der Waals surface area contributed by atoms with E-state index >= 15 is 0 Å². The maximum Gasteiger partial charge on any atom is 0.417 e. The van der Waals surface area contributed by atoms with Gasteiger partial charge in [0.05, 0.1) is 17.2 Å². The molecule has 1 saturated carbocycles. The van der Waals surface area contributed by atoms with Crippen LogP contribution in [0.15, 0.2) is 92.6 Å². The standard InChI is InChI=1S/C33H30F5N3.C5H9/c1-6-23-15-17-25(28(19-23)33(36,37)38)21(2)14-16-24(40-5)10-7-8-13-30-27(20-39-4)22(3)18-31(41-30)26-11-9-12-29(34)32(26)35;1-2-5-3-4-5/h1,9,11-20,27H,5,7-8,10H2,2-4H3;5H,1-4H2/b21-14+,24-16-,30-13+,39-20?;. The number of dihydropyridines is 1. The Bertz CT molecular complexity index is 1630. The third kappa shape index (κ3) is 10.1. The number of nitrogens with zero attached hydrogens (tertiary/aromatic N) is 3. The summed E-state index contributed by atoms with van der Waals surface area (Å²) in [6.07, 6.45) is 15.1. The molecule has 1 aliphatic heterocycles. The first kappa shape index (κ1) is 36.1. The average Bonchev–Trinajstić information content (AvgIpc) is 3.88. The van der Waals surface area contributed by atoms with E-state index in [0.29, 0.717) is 41.9 Å². The topological polar surface area (TPSA) is 37.1 Å². The van der Waals surface area contributed by atoms with Crippen molar-refractivity contribution in [1.29, 1.82) is 0 Å². The molecule has 0 spiro atoms. The first-order valence-electron chi connectivity index (χ1n) is 15.1. The zero-order valence-electron chi connectivity index (χ0n) is 26.5. The van der Waals surface area contributed by atoms with Crippen LogP contribution in [-0.2, 0) is 6.18 Å². The minimum absolute atomic E-state index is 0.0358. The number of terminal acetylenes is 1. The minimum atomic E-state index is -4.55. The normalized spacial score (nSPS) is 18.1. The highest BCUT2D eigenvalue weighted by Crippen LogP contribution is 2.36. The van der Waals surface area contributed by atoms with Crippen molar-refractivity contribution < 1.29 is 22.0 Å². The molecule has 1 atom stereocenters. The molecule has 0 amide bonds. The monoisotopic (exact) mass is 632 g/mol. The predicted molar refractivity (Wildman–Crippen MR) is 180 cm³/mol. The van der Waals surface area contributed by atoms with Gasteiger partial charge in [-0.2, -0.15) is 13.2 Å². The molecule has 0 N–H and O–H groups in total. The fourth-order valence-electron chi connectivity index (χ4n) is 4.81. The predicted octanol–water partition coefficient (Wildman–Crippen LogP) is 10.4. The van der Waals surface area contributed by atoms with Crippen LogP contribution in [0, 0.1) is 42.7 Å². The fourth-order valence-corrected chi connectivity index (χ4v) is 4.81. The highest BCUT2D eigenvalue weighted by molar-refractivity contribution is 6.11. The molecule has 2 aromatic rings. The molecule has 3 nitrogen and oxygen atoms in total. The second-order valence-electron chi connectivity index (χ2n) is 11.2. The lowest BCUT2D eigenvalue weighted by atomic mass is 9.91. The zero-order valence-corrected chi connectivity index (χ0v) is 26.5. The lowest BCUT2D eigenvalue weighted by Gasteiger charge is -2.21. The Balaban J connectivity index is 0.00000105. The third-order valence-corrected chi connectivity index (χ3v) is 7.69. The summed E-state index contributed by atoms with van der Waals surface area (Å²) in [5.74, 6) is 1.15. The summed E-state index contributed by atoms with van der Waals surface area (Å²) in [4.78, 5) is 12.8. The molecule has 1 heterocycles. The van der Waals surface area contributed by atoms with Crippen molar-refractivity contribution in [2.75, 3.05) is 7.05 Å². The molecule has 1 aliphatic carbocycles. The summed E-state index contributed by atoms with van der Waals surface area (Å²) in [5.41, 5.74) is 2.36. The highest BCUT2D eigenvalue weighted by Gasteiger charge is 2.33. The Morgan fingerprint density at radius 3 is 2.48 bits per heavy atom. The van der Waals surface area contributed by atoms with Gasteiger partial charge >= 0.3 is 6.18 Å². The largest absolute Gasteiger partial charge is 0.417 e. The number of hydrogen-bond acceptors (Lipinski definition) is 3. The van der Waals surface area contributed by atoms with Crippen LogP contribution in [0.5, 0.6) is 0 Å². The first-order chi connectivity index (χ1) is 21.9. The van der Waals surface area contributed by atoms with E-state index in [9.17, 15) is 22.0 Å².